The van der Waals surface area contributed by atoms with E-state index in [2.05, 4.69) is 72.4 Å². The molecule has 6 rings (SSSR count). The van der Waals surface area contributed by atoms with Crippen molar-refractivity contribution >= 4 is 23.3 Å². The van der Waals surface area contributed by atoms with Crippen molar-refractivity contribution in [3.8, 4) is 11.5 Å². The highest BCUT2D eigenvalue weighted by Gasteiger charge is 2.36. The lowest BCUT2D eigenvalue weighted by molar-refractivity contribution is 0.194. The minimum atomic E-state index is -0.307. The minimum absolute atomic E-state index is 0.186. The number of amides is 2. The normalized spacial score (nSPS) is 14.5. The van der Waals surface area contributed by atoms with Crippen LogP contribution in [0.15, 0.2) is 97.2 Å². The number of nitrogens with one attached hydrogen (secondary N) is 1. The second kappa shape index (κ2) is 9.88. The van der Waals surface area contributed by atoms with Crippen LogP contribution in [-0.2, 0) is 13.0 Å². The molecule has 5 aromatic rings. The Morgan fingerprint density at radius 3 is 2.53 bits per heavy atom. The third kappa shape index (κ3) is 4.27. The van der Waals surface area contributed by atoms with Gasteiger partial charge in [-0.3, -0.25) is 0 Å². The molecule has 1 aliphatic heterocycles. The van der Waals surface area contributed by atoms with Gasteiger partial charge in [-0.25, -0.2) is 9.48 Å². The molecule has 1 aliphatic rings. The van der Waals surface area contributed by atoms with Gasteiger partial charge in [0, 0.05) is 22.5 Å². The van der Waals surface area contributed by atoms with Gasteiger partial charge in [0.1, 0.15) is 5.82 Å². The highest BCUT2D eigenvalue weighted by atomic mass is 35.5. The van der Waals surface area contributed by atoms with Gasteiger partial charge in [-0.1, -0.05) is 66.6 Å². The van der Waals surface area contributed by atoms with Gasteiger partial charge in [-0.15, -0.1) is 0 Å². The van der Waals surface area contributed by atoms with E-state index in [1.54, 1.807) is 12.1 Å². The molecule has 190 valence electrons. The number of nitrogens with zero attached hydrogens (tertiary/aromatic N) is 4. The van der Waals surface area contributed by atoms with E-state index in [4.69, 9.17) is 16.7 Å². The Hall–Kier alpha value is -4.29. The van der Waals surface area contributed by atoms with E-state index in [1.807, 2.05) is 46.0 Å². The van der Waals surface area contributed by atoms with Crippen LogP contribution in [0.5, 0.6) is 0 Å². The van der Waals surface area contributed by atoms with Crippen LogP contribution in [-0.4, -0.2) is 25.3 Å². The van der Waals surface area contributed by atoms with Crippen LogP contribution < -0.4 is 5.32 Å². The summed E-state index contributed by atoms with van der Waals surface area (Å²) < 4.78 is 4.20. The molecule has 0 fully saturated rings. The van der Waals surface area contributed by atoms with Crippen molar-refractivity contribution in [2.45, 2.75) is 32.9 Å². The zero-order valence-corrected chi connectivity index (χ0v) is 22.1. The number of hydrogen-bond donors (Lipinski definition) is 1. The summed E-state index contributed by atoms with van der Waals surface area (Å²) in [7, 11) is 0. The van der Waals surface area contributed by atoms with Crippen LogP contribution >= 0.6 is 11.6 Å². The number of aryl methyl sites for hydroxylation is 2. The first-order valence-electron chi connectivity index (χ1n) is 12.8. The molecule has 0 spiro atoms. The number of halogens is 1. The number of anilines is 1. The first-order chi connectivity index (χ1) is 18.5. The van der Waals surface area contributed by atoms with Gasteiger partial charge in [0.15, 0.2) is 0 Å². The number of aromatic nitrogens is 3. The predicted octanol–water partition coefficient (Wildman–Crippen LogP) is 7.32. The third-order valence-electron chi connectivity index (χ3n) is 7.02. The van der Waals surface area contributed by atoms with Crippen LogP contribution in [0.4, 0.5) is 10.5 Å². The molecule has 6 nitrogen and oxygen atoms in total. The van der Waals surface area contributed by atoms with Crippen molar-refractivity contribution in [1.29, 1.82) is 0 Å². The third-order valence-corrected chi connectivity index (χ3v) is 7.27. The molecule has 1 atom stereocenters. The number of benzene rings is 3. The summed E-state index contributed by atoms with van der Waals surface area (Å²) in [6.45, 7) is 4.59. The zero-order valence-electron chi connectivity index (χ0n) is 21.3. The second-order valence-corrected chi connectivity index (χ2v) is 9.97. The maximum Gasteiger partial charge on any atom is 0.322 e. The van der Waals surface area contributed by atoms with Crippen LogP contribution in [0, 0.1) is 6.92 Å². The fourth-order valence-electron chi connectivity index (χ4n) is 5.27. The molecule has 3 aromatic carbocycles. The van der Waals surface area contributed by atoms with Gasteiger partial charge in [-0.05, 0) is 67.4 Å². The smallest absolute Gasteiger partial charge is 0.308 e. The topological polar surface area (TPSA) is 55.1 Å². The second-order valence-electron chi connectivity index (χ2n) is 9.53. The number of carbonyl (C=O) groups excluding carboxylic acids is 1. The molecule has 7 heteroatoms. The molecule has 2 amide bonds. The summed E-state index contributed by atoms with van der Waals surface area (Å²) in [6, 6.07) is 29.4. The molecular formula is C31H28ClN5O. The lowest BCUT2D eigenvalue weighted by Crippen LogP contribution is -2.38. The minimum Gasteiger partial charge on any atom is -0.308 e. The summed E-state index contributed by atoms with van der Waals surface area (Å²) >= 11 is 6.09. The summed E-state index contributed by atoms with van der Waals surface area (Å²) in [6.07, 6.45) is 2.82. The van der Waals surface area contributed by atoms with E-state index in [9.17, 15) is 4.79 Å². The van der Waals surface area contributed by atoms with Gasteiger partial charge in [-0.2, -0.15) is 5.10 Å². The van der Waals surface area contributed by atoms with Crippen molar-refractivity contribution in [3.63, 3.8) is 0 Å². The molecule has 0 radical (unpaired) electrons. The van der Waals surface area contributed by atoms with Gasteiger partial charge in [0.05, 0.1) is 29.7 Å². The number of para-hydroxylation sites is 1. The molecule has 0 bridgehead atoms. The molecule has 3 heterocycles. The molecule has 0 unspecified atom stereocenters. The van der Waals surface area contributed by atoms with Crippen molar-refractivity contribution in [3.05, 3.63) is 130 Å². The Morgan fingerprint density at radius 1 is 1.00 bits per heavy atom. The van der Waals surface area contributed by atoms with E-state index in [1.165, 1.54) is 0 Å². The quantitative estimate of drug-likeness (QED) is 0.269. The molecule has 0 aliphatic carbocycles. The fourth-order valence-corrected chi connectivity index (χ4v) is 5.39. The maximum absolute atomic E-state index is 14.0. The molecule has 2 aromatic heterocycles. The summed E-state index contributed by atoms with van der Waals surface area (Å²) in [4.78, 5) is 16.0. The van der Waals surface area contributed by atoms with Gasteiger partial charge in [0.2, 0.25) is 0 Å². The highest BCUT2D eigenvalue weighted by molar-refractivity contribution is 6.30. The molecule has 1 N–H and O–H groups in total. The van der Waals surface area contributed by atoms with Crippen molar-refractivity contribution in [2.75, 3.05) is 5.32 Å². The highest BCUT2D eigenvalue weighted by Crippen LogP contribution is 2.39. The Labute approximate surface area is 227 Å². The predicted molar refractivity (Wildman–Crippen MR) is 151 cm³/mol. The Morgan fingerprint density at radius 2 is 1.79 bits per heavy atom. The number of hydrogen-bond acceptors (Lipinski definition) is 2. The van der Waals surface area contributed by atoms with Gasteiger partial charge >= 0.3 is 6.03 Å². The van der Waals surface area contributed by atoms with Gasteiger partial charge < -0.3 is 14.8 Å². The number of urea groups is 1. The maximum atomic E-state index is 14.0. The summed E-state index contributed by atoms with van der Waals surface area (Å²) in [5, 5.41) is 8.75. The molecule has 38 heavy (non-hydrogen) atoms. The largest absolute Gasteiger partial charge is 0.322 e. The van der Waals surface area contributed by atoms with Crippen molar-refractivity contribution in [1.82, 2.24) is 19.2 Å². The van der Waals surface area contributed by atoms with Crippen LogP contribution in [0.1, 0.15) is 41.0 Å². The van der Waals surface area contributed by atoms with E-state index in [0.717, 1.165) is 46.0 Å². The average molecular weight is 522 g/mol. The first-order valence-corrected chi connectivity index (χ1v) is 13.1. The molecular weight excluding hydrogens is 494 g/mol. The summed E-state index contributed by atoms with van der Waals surface area (Å²) in [5.41, 5.74) is 6.88. The number of carbonyl (C=O) groups is 1. The lowest BCUT2D eigenvalue weighted by atomic mass is 10.00. The standard InChI is InChI=1S/C31H28ClN5O/c1-3-27-26-20-36(31(38)33-24-16-14-23(32)15-17-24)29(22-10-7-9-21(2)19-22)28-13-8-18-35(28)30(26)37(34-27)25-11-5-4-6-12-25/h4-19,29H,3,20H2,1-2H3,(H,33,38)/t29-/m1/s1. The molecule has 0 saturated carbocycles. The first kappa shape index (κ1) is 24.1. The Bertz CT molecular complexity index is 1600. The van der Waals surface area contributed by atoms with E-state index in [-0.39, 0.29) is 12.1 Å². The van der Waals surface area contributed by atoms with E-state index >= 15 is 0 Å². The SMILES string of the molecule is CCc1nn(-c2ccccc2)c2c1CN(C(=O)Nc1ccc(Cl)cc1)[C@H](c1cccc(C)c1)c1cccn1-2. The monoisotopic (exact) mass is 521 g/mol. The fraction of sp³-hybridized carbons (Fsp3) is 0.161. The van der Waals surface area contributed by atoms with E-state index < -0.39 is 0 Å². The van der Waals surface area contributed by atoms with Gasteiger partial charge in [0.25, 0.3) is 0 Å². The van der Waals surface area contributed by atoms with Crippen LogP contribution in [0.3, 0.4) is 0 Å². The van der Waals surface area contributed by atoms with E-state index in [0.29, 0.717) is 17.3 Å². The number of rotatable bonds is 4. The van der Waals surface area contributed by atoms with Crippen LogP contribution in [0.2, 0.25) is 5.02 Å². The average Bonchev–Trinajstić information content (AvgIpc) is 3.51. The molecule has 0 saturated heterocycles. The van der Waals surface area contributed by atoms with Crippen molar-refractivity contribution < 1.29 is 4.79 Å². The van der Waals surface area contributed by atoms with Crippen LogP contribution in [0.25, 0.3) is 11.5 Å². The Kier molecular flexibility index (Phi) is 6.26. The summed E-state index contributed by atoms with van der Waals surface area (Å²) in [5.74, 6) is 0.965. The Balaban J connectivity index is 1.55. The zero-order chi connectivity index (χ0) is 26.2. The van der Waals surface area contributed by atoms with Crippen molar-refractivity contribution in [2.24, 2.45) is 0 Å². The lowest BCUT2D eigenvalue weighted by Gasteiger charge is -2.31. The number of fused-ring (bicyclic) bond motifs is 3.